The van der Waals surface area contributed by atoms with Crippen molar-refractivity contribution >= 4 is 35.8 Å². The van der Waals surface area contributed by atoms with Gasteiger partial charge in [0, 0.05) is 44.8 Å². The molecule has 1 amide bonds. The highest BCUT2D eigenvalue weighted by Gasteiger charge is 2.20. The van der Waals surface area contributed by atoms with Crippen LogP contribution in [0.15, 0.2) is 59.6 Å². The largest absolute Gasteiger partial charge is 0.366 e. The number of benzene rings is 2. The maximum absolute atomic E-state index is 11.1. The maximum Gasteiger partial charge on any atom is 0.248 e. The lowest BCUT2D eigenvalue weighted by Crippen LogP contribution is -2.48. The van der Waals surface area contributed by atoms with E-state index in [9.17, 15) is 4.79 Å². The second-order valence-corrected chi connectivity index (χ2v) is 7.17. The molecule has 7 heteroatoms. The van der Waals surface area contributed by atoms with Crippen molar-refractivity contribution in [3.63, 3.8) is 0 Å². The molecule has 0 radical (unpaired) electrons. The molecule has 2 aromatic carbocycles. The van der Waals surface area contributed by atoms with Crippen LogP contribution in [-0.4, -0.2) is 42.9 Å². The number of hydrogen-bond donors (Lipinski definition) is 3. The SMILES string of the molecule is CN=C(NCc1ccc(C(N)=O)cc1)NC1CCN(Cc2ccccc2)CC1.I. The minimum absolute atomic E-state index is 0. The van der Waals surface area contributed by atoms with Crippen LogP contribution in [-0.2, 0) is 13.1 Å². The predicted octanol–water partition coefficient (Wildman–Crippen LogP) is 2.73. The Bertz CT molecular complexity index is 787. The van der Waals surface area contributed by atoms with Crippen molar-refractivity contribution in [2.75, 3.05) is 20.1 Å². The Morgan fingerprint density at radius 1 is 1.07 bits per heavy atom. The average Bonchev–Trinajstić information content (AvgIpc) is 2.73. The normalized spacial score (nSPS) is 15.4. The van der Waals surface area contributed by atoms with Crippen LogP contribution < -0.4 is 16.4 Å². The Labute approximate surface area is 190 Å². The number of aliphatic imine (C=N–C) groups is 1. The molecule has 1 aliphatic heterocycles. The summed E-state index contributed by atoms with van der Waals surface area (Å²) in [6.45, 7) is 3.82. The van der Waals surface area contributed by atoms with Gasteiger partial charge in [0.25, 0.3) is 0 Å². The van der Waals surface area contributed by atoms with Crippen LogP contribution in [0.1, 0.15) is 34.3 Å². The first kappa shape index (κ1) is 23.2. The molecule has 1 saturated heterocycles. The maximum atomic E-state index is 11.1. The molecule has 1 heterocycles. The summed E-state index contributed by atoms with van der Waals surface area (Å²) in [5.74, 6) is 0.399. The Hall–Kier alpha value is -2.13. The number of rotatable bonds is 6. The van der Waals surface area contributed by atoms with E-state index in [1.54, 1.807) is 19.2 Å². The van der Waals surface area contributed by atoms with Crippen LogP contribution in [0, 0.1) is 0 Å². The molecular formula is C22H30IN5O. The van der Waals surface area contributed by atoms with Gasteiger partial charge in [0.05, 0.1) is 0 Å². The molecule has 3 rings (SSSR count). The van der Waals surface area contributed by atoms with E-state index in [0.29, 0.717) is 18.2 Å². The number of carbonyl (C=O) groups excluding carboxylic acids is 1. The molecule has 1 fully saturated rings. The number of guanidine groups is 1. The van der Waals surface area contributed by atoms with E-state index in [4.69, 9.17) is 5.73 Å². The second kappa shape index (κ2) is 11.8. The zero-order valence-corrected chi connectivity index (χ0v) is 19.1. The minimum atomic E-state index is -0.407. The minimum Gasteiger partial charge on any atom is -0.366 e. The fraction of sp³-hybridized carbons (Fsp3) is 0.364. The van der Waals surface area contributed by atoms with Gasteiger partial charge >= 0.3 is 0 Å². The molecule has 156 valence electrons. The number of primary amides is 1. The Morgan fingerprint density at radius 3 is 2.31 bits per heavy atom. The number of carbonyl (C=O) groups is 1. The number of likely N-dealkylation sites (tertiary alicyclic amines) is 1. The van der Waals surface area contributed by atoms with E-state index in [1.807, 2.05) is 12.1 Å². The molecule has 0 atom stereocenters. The first-order valence-corrected chi connectivity index (χ1v) is 9.76. The number of halogens is 1. The highest BCUT2D eigenvalue weighted by atomic mass is 127. The molecule has 29 heavy (non-hydrogen) atoms. The zero-order valence-electron chi connectivity index (χ0n) is 16.8. The summed E-state index contributed by atoms with van der Waals surface area (Å²) >= 11 is 0. The third kappa shape index (κ3) is 7.32. The van der Waals surface area contributed by atoms with Crippen molar-refractivity contribution in [2.45, 2.75) is 32.0 Å². The van der Waals surface area contributed by atoms with Crippen LogP contribution in [0.3, 0.4) is 0 Å². The number of hydrogen-bond acceptors (Lipinski definition) is 3. The van der Waals surface area contributed by atoms with Crippen molar-refractivity contribution in [1.82, 2.24) is 15.5 Å². The van der Waals surface area contributed by atoms with Gasteiger partial charge in [-0.05, 0) is 36.1 Å². The summed E-state index contributed by atoms with van der Waals surface area (Å²) in [5.41, 5.74) is 8.24. The summed E-state index contributed by atoms with van der Waals surface area (Å²) < 4.78 is 0. The summed E-state index contributed by atoms with van der Waals surface area (Å²) in [5, 5.41) is 6.87. The smallest absolute Gasteiger partial charge is 0.248 e. The van der Waals surface area contributed by atoms with Crippen LogP contribution >= 0.6 is 24.0 Å². The summed E-state index contributed by atoms with van der Waals surface area (Å²) in [4.78, 5) is 18.0. The molecule has 0 unspecified atom stereocenters. The molecule has 1 aliphatic rings. The standard InChI is InChI=1S/C22H29N5O.HI/c1-24-22(25-15-17-7-9-19(10-8-17)21(23)28)26-20-11-13-27(14-12-20)16-18-5-3-2-4-6-18;/h2-10,20H,11-16H2,1H3,(H2,23,28)(H2,24,25,26);1H. The van der Waals surface area contributed by atoms with Gasteiger partial charge in [0.2, 0.25) is 5.91 Å². The van der Waals surface area contributed by atoms with E-state index in [1.165, 1.54) is 5.56 Å². The quantitative estimate of drug-likeness (QED) is 0.319. The summed E-state index contributed by atoms with van der Waals surface area (Å²) in [6.07, 6.45) is 2.20. The van der Waals surface area contributed by atoms with Crippen molar-refractivity contribution in [3.8, 4) is 0 Å². The van der Waals surface area contributed by atoms with Crippen molar-refractivity contribution in [1.29, 1.82) is 0 Å². The van der Waals surface area contributed by atoms with Crippen molar-refractivity contribution in [3.05, 3.63) is 71.3 Å². The van der Waals surface area contributed by atoms with E-state index in [2.05, 4.69) is 50.9 Å². The van der Waals surface area contributed by atoms with Gasteiger partial charge in [0.1, 0.15) is 0 Å². The third-order valence-electron chi connectivity index (χ3n) is 5.10. The first-order chi connectivity index (χ1) is 13.6. The zero-order chi connectivity index (χ0) is 19.8. The molecule has 0 aliphatic carbocycles. The van der Waals surface area contributed by atoms with Gasteiger partial charge < -0.3 is 16.4 Å². The molecule has 6 nitrogen and oxygen atoms in total. The summed E-state index contributed by atoms with van der Waals surface area (Å²) in [7, 11) is 1.79. The van der Waals surface area contributed by atoms with Gasteiger partial charge in [-0.3, -0.25) is 14.7 Å². The van der Waals surface area contributed by atoms with Crippen LogP contribution in [0.25, 0.3) is 0 Å². The van der Waals surface area contributed by atoms with E-state index in [0.717, 1.165) is 44.0 Å². The molecule has 0 aromatic heterocycles. The van der Waals surface area contributed by atoms with Crippen LogP contribution in [0.2, 0.25) is 0 Å². The topological polar surface area (TPSA) is 82.7 Å². The second-order valence-electron chi connectivity index (χ2n) is 7.17. The number of nitrogens with zero attached hydrogens (tertiary/aromatic N) is 2. The van der Waals surface area contributed by atoms with E-state index >= 15 is 0 Å². The van der Waals surface area contributed by atoms with Gasteiger partial charge in [0.15, 0.2) is 5.96 Å². The summed E-state index contributed by atoms with van der Waals surface area (Å²) in [6, 6.07) is 18.4. The first-order valence-electron chi connectivity index (χ1n) is 9.76. The fourth-order valence-corrected chi connectivity index (χ4v) is 3.44. The van der Waals surface area contributed by atoms with Crippen LogP contribution in [0.4, 0.5) is 0 Å². The number of piperidine rings is 1. The van der Waals surface area contributed by atoms with Gasteiger partial charge in [-0.15, -0.1) is 24.0 Å². The third-order valence-corrected chi connectivity index (χ3v) is 5.10. The lowest BCUT2D eigenvalue weighted by molar-refractivity contribution is 0.100. The fourth-order valence-electron chi connectivity index (χ4n) is 3.44. The van der Waals surface area contributed by atoms with Gasteiger partial charge in [-0.2, -0.15) is 0 Å². The van der Waals surface area contributed by atoms with E-state index in [-0.39, 0.29) is 24.0 Å². The molecule has 0 spiro atoms. The Kier molecular flexibility index (Phi) is 9.40. The molecule has 0 saturated carbocycles. The number of amides is 1. The van der Waals surface area contributed by atoms with Gasteiger partial charge in [-0.1, -0.05) is 42.5 Å². The Balaban J connectivity index is 0.00000300. The average molecular weight is 507 g/mol. The Morgan fingerprint density at radius 2 is 1.72 bits per heavy atom. The van der Waals surface area contributed by atoms with E-state index < -0.39 is 5.91 Å². The van der Waals surface area contributed by atoms with Crippen molar-refractivity contribution < 1.29 is 4.79 Å². The monoisotopic (exact) mass is 507 g/mol. The molecule has 2 aromatic rings. The highest BCUT2D eigenvalue weighted by molar-refractivity contribution is 14.0. The molecule has 4 N–H and O–H groups in total. The lowest BCUT2D eigenvalue weighted by Gasteiger charge is -2.33. The number of nitrogens with one attached hydrogen (secondary N) is 2. The highest BCUT2D eigenvalue weighted by Crippen LogP contribution is 2.14. The van der Waals surface area contributed by atoms with Crippen LogP contribution in [0.5, 0.6) is 0 Å². The van der Waals surface area contributed by atoms with Crippen molar-refractivity contribution in [2.24, 2.45) is 10.7 Å². The van der Waals surface area contributed by atoms with Gasteiger partial charge in [-0.25, -0.2) is 0 Å². The molecule has 0 bridgehead atoms. The lowest BCUT2D eigenvalue weighted by atomic mass is 10.0. The molecular weight excluding hydrogens is 477 g/mol. The number of nitrogens with two attached hydrogens (primary N) is 1. The predicted molar refractivity (Wildman–Crippen MR) is 128 cm³/mol.